The van der Waals surface area contributed by atoms with Gasteiger partial charge < -0.3 is 5.32 Å². The molecule has 0 aromatic heterocycles. The number of nitrogens with zero attached hydrogens (tertiary/aromatic N) is 1. The van der Waals surface area contributed by atoms with Crippen molar-refractivity contribution >= 4 is 0 Å². The minimum atomic E-state index is 0.296. The van der Waals surface area contributed by atoms with Crippen molar-refractivity contribution in [3.8, 4) is 0 Å². The van der Waals surface area contributed by atoms with E-state index in [1.165, 1.54) is 19.5 Å². The molecule has 1 N–H and O–H groups in total. The van der Waals surface area contributed by atoms with Crippen molar-refractivity contribution in [2.45, 2.75) is 65.6 Å². The third-order valence-electron chi connectivity index (χ3n) is 4.26. The number of likely N-dealkylation sites (tertiary alicyclic amines) is 1. The Morgan fingerprint density at radius 1 is 1.06 bits per heavy atom. The molecule has 0 aromatic carbocycles. The molecule has 0 aliphatic carbocycles. The second-order valence-electron chi connectivity index (χ2n) is 7.66. The normalized spacial score (nSPS) is 36.8. The van der Waals surface area contributed by atoms with Gasteiger partial charge in [-0.3, -0.25) is 4.90 Å². The van der Waals surface area contributed by atoms with Crippen molar-refractivity contribution in [3.63, 3.8) is 0 Å². The molecule has 0 saturated carbocycles. The molecule has 94 valence electrons. The summed E-state index contributed by atoms with van der Waals surface area (Å²) in [4.78, 5) is 2.73. The Hall–Kier alpha value is -0.0800. The van der Waals surface area contributed by atoms with Crippen LogP contribution in [0.5, 0.6) is 0 Å². The van der Waals surface area contributed by atoms with E-state index < -0.39 is 0 Å². The molecule has 2 fully saturated rings. The van der Waals surface area contributed by atoms with Gasteiger partial charge in [-0.2, -0.15) is 0 Å². The number of hydrogen-bond donors (Lipinski definition) is 1. The quantitative estimate of drug-likeness (QED) is 0.680. The lowest BCUT2D eigenvalue weighted by molar-refractivity contribution is 0.0463. The second-order valence-corrected chi connectivity index (χ2v) is 7.66. The maximum atomic E-state index is 3.74. The fourth-order valence-corrected chi connectivity index (χ4v) is 3.61. The Labute approximate surface area is 101 Å². The molecule has 3 unspecified atom stereocenters. The summed E-state index contributed by atoms with van der Waals surface area (Å²) in [5.41, 5.74) is 0.661. The molecule has 0 radical (unpaired) electrons. The van der Waals surface area contributed by atoms with Gasteiger partial charge in [-0.15, -0.1) is 0 Å². The monoisotopic (exact) mass is 224 g/mol. The molecule has 2 aliphatic heterocycles. The van der Waals surface area contributed by atoms with E-state index in [0.29, 0.717) is 17.0 Å². The Balaban J connectivity index is 2.27. The average molecular weight is 224 g/mol. The maximum absolute atomic E-state index is 3.74. The zero-order valence-electron chi connectivity index (χ0n) is 11.8. The SMILES string of the molecule is CC(C)(C)C1C2NCCC2CN1C(C)(C)C. The standard InChI is InChI=1S/C14H28N2/c1-13(2,3)12-11-10(7-8-15-11)9-16(12)14(4,5)6/h10-12,15H,7-9H2,1-6H3. The van der Waals surface area contributed by atoms with E-state index in [9.17, 15) is 0 Å². The maximum Gasteiger partial charge on any atom is 0.0306 e. The molecule has 16 heavy (non-hydrogen) atoms. The van der Waals surface area contributed by atoms with Gasteiger partial charge in [0.15, 0.2) is 0 Å². The molecule has 2 heterocycles. The van der Waals surface area contributed by atoms with Crippen molar-refractivity contribution in [3.05, 3.63) is 0 Å². The lowest BCUT2D eigenvalue weighted by Crippen LogP contribution is -2.55. The smallest absolute Gasteiger partial charge is 0.0306 e. The first-order valence-corrected chi connectivity index (χ1v) is 6.71. The molecule has 0 bridgehead atoms. The van der Waals surface area contributed by atoms with Gasteiger partial charge in [0.05, 0.1) is 0 Å². The zero-order chi connectivity index (χ0) is 12.1. The molecule has 0 amide bonds. The van der Waals surface area contributed by atoms with Gasteiger partial charge in [-0.25, -0.2) is 0 Å². The van der Waals surface area contributed by atoms with E-state index in [1.54, 1.807) is 0 Å². The molecule has 0 aromatic rings. The molecule has 0 spiro atoms. The summed E-state index contributed by atoms with van der Waals surface area (Å²) in [7, 11) is 0. The van der Waals surface area contributed by atoms with Crippen LogP contribution in [-0.4, -0.2) is 35.6 Å². The molecule has 2 heteroatoms. The minimum Gasteiger partial charge on any atom is -0.312 e. The fourth-order valence-electron chi connectivity index (χ4n) is 3.61. The van der Waals surface area contributed by atoms with Crippen LogP contribution in [0.15, 0.2) is 0 Å². The van der Waals surface area contributed by atoms with Gasteiger partial charge in [-0.05, 0) is 45.1 Å². The first-order chi connectivity index (χ1) is 7.21. The van der Waals surface area contributed by atoms with E-state index in [1.807, 2.05) is 0 Å². The summed E-state index contributed by atoms with van der Waals surface area (Å²) in [5, 5.41) is 3.74. The van der Waals surface area contributed by atoms with E-state index >= 15 is 0 Å². The van der Waals surface area contributed by atoms with Crippen LogP contribution in [0.1, 0.15) is 48.0 Å². The van der Waals surface area contributed by atoms with Gasteiger partial charge in [0.2, 0.25) is 0 Å². The lowest BCUT2D eigenvalue weighted by Gasteiger charge is -2.45. The van der Waals surface area contributed by atoms with E-state index in [-0.39, 0.29) is 0 Å². The van der Waals surface area contributed by atoms with Crippen LogP contribution in [0.2, 0.25) is 0 Å². The third kappa shape index (κ3) is 2.02. The topological polar surface area (TPSA) is 15.3 Å². The van der Waals surface area contributed by atoms with Gasteiger partial charge in [0.25, 0.3) is 0 Å². The predicted molar refractivity (Wildman–Crippen MR) is 69.6 cm³/mol. The van der Waals surface area contributed by atoms with Gasteiger partial charge in [0, 0.05) is 24.2 Å². The Morgan fingerprint density at radius 2 is 1.69 bits per heavy atom. The van der Waals surface area contributed by atoms with Crippen LogP contribution in [0, 0.1) is 11.3 Å². The third-order valence-corrected chi connectivity index (χ3v) is 4.26. The van der Waals surface area contributed by atoms with E-state index in [0.717, 1.165) is 12.0 Å². The summed E-state index contributed by atoms with van der Waals surface area (Å²) < 4.78 is 0. The van der Waals surface area contributed by atoms with Crippen LogP contribution in [0.25, 0.3) is 0 Å². The highest BCUT2D eigenvalue weighted by Gasteiger charge is 2.51. The van der Waals surface area contributed by atoms with Crippen molar-refractivity contribution < 1.29 is 0 Å². The summed E-state index contributed by atoms with van der Waals surface area (Å²) in [5.74, 6) is 0.878. The van der Waals surface area contributed by atoms with Crippen molar-refractivity contribution in [1.82, 2.24) is 10.2 Å². The van der Waals surface area contributed by atoms with Crippen molar-refractivity contribution in [2.24, 2.45) is 11.3 Å². The molecule has 2 aliphatic rings. The second kappa shape index (κ2) is 3.71. The zero-order valence-corrected chi connectivity index (χ0v) is 11.8. The van der Waals surface area contributed by atoms with Crippen LogP contribution in [0.3, 0.4) is 0 Å². The summed E-state index contributed by atoms with van der Waals surface area (Å²) in [6.07, 6.45) is 1.36. The highest BCUT2D eigenvalue weighted by molar-refractivity contribution is 5.08. The molecular formula is C14H28N2. The molecule has 2 saturated heterocycles. The first kappa shape index (κ1) is 12.4. The molecule has 2 rings (SSSR count). The Morgan fingerprint density at radius 3 is 2.19 bits per heavy atom. The summed E-state index contributed by atoms with van der Waals surface area (Å²) in [6.45, 7) is 16.7. The van der Waals surface area contributed by atoms with Crippen molar-refractivity contribution in [1.29, 1.82) is 0 Å². The first-order valence-electron chi connectivity index (χ1n) is 6.71. The number of fused-ring (bicyclic) bond motifs is 1. The van der Waals surface area contributed by atoms with Gasteiger partial charge >= 0.3 is 0 Å². The molecule has 3 atom stereocenters. The van der Waals surface area contributed by atoms with E-state index in [2.05, 4.69) is 51.8 Å². The van der Waals surface area contributed by atoms with Crippen LogP contribution in [0.4, 0.5) is 0 Å². The molecule has 2 nitrogen and oxygen atoms in total. The lowest BCUT2D eigenvalue weighted by atomic mass is 9.80. The van der Waals surface area contributed by atoms with E-state index in [4.69, 9.17) is 0 Å². The van der Waals surface area contributed by atoms with Gasteiger partial charge in [-0.1, -0.05) is 20.8 Å². The summed E-state index contributed by atoms with van der Waals surface area (Å²) >= 11 is 0. The minimum absolute atomic E-state index is 0.296. The fraction of sp³-hybridized carbons (Fsp3) is 1.00. The van der Waals surface area contributed by atoms with Crippen LogP contribution < -0.4 is 5.32 Å². The van der Waals surface area contributed by atoms with Crippen LogP contribution in [-0.2, 0) is 0 Å². The highest BCUT2D eigenvalue weighted by atomic mass is 15.3. The number of rotatable bonds is 0. The van der Waals surface area contributed by atoms with Gasteiger partial charge in [0.1, 0.15) is 0 Å². The highest BCUT2D eigenvalue weighted by Crippen LogP contribution is 2.42. The average Bonchev–Trinajstić information content (AvgIpc) is 2.53. The predicted octanol–water partition coefficient (Wildman–Crippen LogP) is 2.49. The Kier molecular flexibility index (Phi) is 2.87. The Bertz CT molecular complexity index is 259. The van der Waals surface area contributed by atoms with Crippen LogP contribution >= 0.6 is 0 Å². The number of nitrogens with one attached hydrogen (secondary N) is 1. The summed E-state index contributed by atoms with van der Waals surface area (Å²) in [6, 6.07) is 1.40. The largest absolute Gasteiger partial charge is 0.312 e. The molecular weight excluding hydrogens is 196 g/mol. The van der Waals surface area contributed by atoms with Crippen molar-refractivity contribution in [2.75, 3.05) is 13.1 Å². The number of hydrogen-bond acceptors (Lipinski definition) is 2.